The average molecular weight is 539 g/mol. The highest BCUT2D eigenvalue weighted by atomic mass is 32.2. The number of nitrogens with zero attached hydrogens (tertiary/aromatic N) is 3. The van der Waals surface area contributed by atoms with E-state index in [1.165, 1.54) is 19.2 Å². The van der Waals surface area contributed by atoms with E-state index in [0.29, 0.717) is 24.1 Å². The zero-order valence-corrected chi connectivity index (χ0v) is 23.1. The van der Waals surface area contributed by atoms with Gasteiger partial charge in [0.2, 0.25) is 0 Å². The van der Waals surface area contributed by atoms with Gasteiger partial charge in [-0.15, -0.1) is 23.5 Å². The Balaban J connectivity index is 1.51. The number of thioether (sulfide) groups is 2. The molecule has 0 aromatic heterocycles. The lowest BCUT2D eigenvalue weighted by atomic mass is 9.87. The van der Waals surface area contributed by atoms with Crippen molar-refractivity contribution in [3.63, 3.8) is 0 Å². The van der Waals surface area contributed by atoms with Crippen molar-refractivity contribution in [3.8, 4) is 11.5 Å². The molecule has 1 atom stereocenters. The molecule has 1 aromatic carbocycles. The summed E-state index contributed by atoms with van der Waals surface area (Å²) in [7, 11) is 1.51. The van der Waals surface area contributed by atoms with Gasteiger partial charge in [0.15, 0.2) is 11.5 Å². The maximum atomic E-state index is 13.7. The number of hydrogen-bond acceptors (Lipinski definition) is 9. The summed E-state index contributed by atoms with van der Waals surface area (Å²) >= 11 is 3.69. The summed E-state index contributed by atoms with van der Waals surface area (Å²) in [6, 6.07) is 3.44. The summed E-state index contributed by atoms with van der Waals surface area (Å²) in [5.41, 5.74) is -0.146. The van der Waals surface area contributed by atoms with Gasteiger partial charge in [-0.05, 0) is 24.3 Å². The van der Waals surface area contributed by atoms with Crippen LogP contribution in [0.15, 0.2) is 12.1 Å². The summed E-state index contributed by atoms with van der Waals surface area (Å²) in [6.45, 7) is 8.94. The first-order valence-corrected chi connectivity index (χ1v) is 15.1. The number of piperazine rings is 1. The second-order valence-electron chi connectivity index (χ2n) is 9.42. The van der Waals surface area contributed by atoms with Crippen molar-refractivity contribution in [2.24, 2.45) is 0 Å². The van der Waals surface area contributed by atoms with Gasteiger partial charge >= 0.3 is 0 Å². The maximum Gasteiger partial charge on any atom is 0.286 e. The van der Waals surface area contributed by atoms with Crippen LogP contribution in [0.3, 0.4) is 0 Å². The molecule has 9 nitrogen and oxygen atoms in total. The van der Waals surface area contributed by atoms with Crippen molar-refractivity contribution in [2.75, 3.05) is 51.3 Å². The van der Waals surface area contributed by atoms with Gasteiger partial charge in [-0.25, -0.2) is 0 Å². The summed E-state index contributed by atoms with van der Waals surface area (Å²) in [4.78, 5) is 29.6. The number of methoxy groups -OCH3 is 1. The highest BCUT2D eigenvalue weighted by molar-refractivity contribution is 8.17. The smallest absolute Gasteiger partial charge is 0.286 e. The monoisotopic (exact) mass is 538 g/mol. The van der Waals surface area contributed by atoms with Crippen LogP contribution in [0, 0.1) is 10.1 Å². The molecule has 1 aliphatic carbocycles. The fourth-order valence-electron chi connectivity index (χ4n) is 5.36. The second-order valence-corrected chi connectivity index (χ2v) is 12.6. The first-order chi connectivity index (χ1) is 17.5. The quantitative estimate of drug-likeness (QED) is 0.256. The highest BCUT2D eigenvalue weighted by Crippen LogP contribution is 2.41. The van der Waals surface area contributed by atoms with Crippen LogP contribution in [-0.2, 0) is 0 Å². The molecular weight excluding hydrogens is 500 g/mol. The highest BCUT2D eigenvalue weighted by Gasteiger charge is 2.39. The molecule has 1 saturated carbocycles. The minimum Gasteiger partial charge on any atom is -0.493 e. The third-order valence-electron chi connectivity index (χ3n) is 7.28. The van der Waals surface area contributed by atoms with Crippen molar-refractivity contribution in [3.05, 3.63) is 27.8 Å². The van der Waals surface area contributed by atoms with Crippen molar-refractivity contribution in [1.82, 2.24) is 15.1 Å². The van der Waals surface area contributed by atoms with E-state index >= 15 is 0 Å². The topological polar surface area (TPSA) is 97.2 Å². The first kappa shape index (κ1) is 27.3. The molecular formula is C25H38N4O5S2. The van der Waals surface area contributed by atoms with Gasteiger partial charge in [0.05, 0.1) is 28.7 Å². The number of benzene rings is 1. The average Bonchev–Trinajstić information content (AvgIpc) is 3.35. The molecule has 11 heteroatoms. The van der Waals surface area contributed by atoms with Gasteiger partial charge in [-0.3, -0.25) is 19.8 Å². The number of ether oxygens (including phenoxy) is 2. The molecule has 2 saturated heterocycles. The Bertz CT molecular complexity index is 918. The van der Waals surface area contributed by atoms with E-state index in [0.717, 1.165) is 63.4 Å². The number of amides is 1. The molecule has 4 rings (SSSR count). The lowest BCUT2D eigenvalue weighted by molar-refractivity contribution is -0.385. The van der Waals surface area contributed by atoms with Crippen LogP contribution in [0.4, 0.5) is 5.69 Å². The Morgan fingerprint density at radius 2 is 1.86 bits per heavy atom. The van der Waals surface area contributed by atoms with E-state index in [9.17, 15) is 14.9 Å². The molecule has 1 N–H and O–H groups in total. The minimum absolute atomic E-state index is 0.0131. The predicted octanol–water partition coefficient (Wildman–Crippen LogP) is 3.86. The van der Waals surface area contributed by atoms with Gasteiger partial charge in [0, 0.05) is 57.7 Å². The van der Waals surface area contributed by atoms with Crippen molar-refractivity contribution in [2.45, 2.75) is 62.3 Å². The summed E-state index contributed by atoms with van der Waals surface area (Å²) < 4.78 is 12.0. The molecule has 3 aliphatic rings. The number of carbonyl (C=O) groups is 1. The molecule has 0 unspecified atom stereocenters. The first-order valence-electron chi connectivity index (χ1n) is 13.0. The van der Waals surface area contributed by atoms with Gasteiger partial charge in [0.25, 0.3) is 11.6 Å². The van der Waals surface area contributed by atoms with Crippen LogP contribution in [0.1, 0.15) is 49.9 Å². The number of carbonyl (C=O) groups excluding carboxylic acids is 1. The van der Waals surface area contributed by atoms with Crippen LogP contribution in [-0.4, -0.2) is 94.7 Å². The predicted molar refractivity (Wildman–Crippen MR) is 146 cm³/mol. The number of rotatable bonds is 11. The normalized spacial score (nSPS) is 24.6. The Hall–Kier alpha value is -1.69. The van der Waals surface area contributed by atoms with Crippen LogP contribution in [0.5, 0.6) is 11.5 Å². The standard InChI is InChI=1S/C25H38N4O5S2/c1-4-35-25(36-5-2)20-7-6-10-28(20)24(30)19-15-22(33-3)23(16-21(19)29(31)32)34-18-13-17(14-18)27-11-8-26-9-12-27/h15-18,20,25-26H,4-14H2,1-3H3/t17?,18?,20-/m0/s1. The van der Waals surface area contributed by atoms with Crippen LogP contribution >= 0.6 is 23.5 Å². The van der Waals surface area contributed by atoms with Gasteiger partial charge in [-0.2, -0.15) is 0 Å². The van der Waals surface area contributed by atoms with E-state index in [2.05, 4.69) is 24.1 Å². The summed E-state index contributed by atoms with van der Waals surface area (Å²) in [5, 5.41) is 15.4. The second kappa shape index (κ2) is 12.7. The molecule has 3 fully saturated rings. The van der Waals surface area contributed by atoms with E-state index in [1.54, 1.807) is 0 Å². The van der Waals surface area contributed by atoms with E-state index < -0.39 is 4.92 Å². The number of nitro benzene ring substituents is 1. The summed E-state index contributed by atoms with van der Waals surface area (Å²) in [5.74, 6) is 2.34. The number of nitrogens with one attached hydrogen (secondary N) is 1. The SMILES string of the molecule is CCSC(SCC)[C@@H]1CCCN1C(=O)c1cc(OC)c(OC2CC(N3CCNCC3)C2)cc1[N+](=O)[O-]. The molecule has 1 aromatic rings. The molecule has 0 spiro atoms. The molecule has 0 bridgehead atoms. The maximum absolute atomic E-state index is 13.7. The van der Waals surface area contributed by atoms with E-state index in [1.807, 2.05) is 28.4 Å². The third kappa shape index (κ3) is 6.06. The number of likely N-dealkylation sites (tertiary alicyclic amines) is 1. The zero-order valence-electron chi connectivity index (χ0n) is 21.4. The Kier molecular flexibility index (Phi) is 9.65. The fourth-order valence-corrected chi connectivity index (χ4v) is 8.23. The largest absolute Gasteiger partial charge is 0.493 e. The molecule has 1 amide bonds. The fraction of sp³-hybridized carbons (Fsp3) is 0.720. The van der Waals surface area contributed by atoms with Crippen molar-refractivity contribution >= 4 is 35.1 Å². The van der Waals surface area contributed by atoms with Crippen LogP contribution < -0.4 is 14.8 Å². The van der Waals surface area contributed by atoms with Crippen LogP contribution in [0.2, 0.25) is 0 Å². The Morgan fingerprint density at radius 3 is 2.47 bits per heavy atom. The lowest BCUT2D eigenvalue weighted by Crippen LogP contribution is -2.55. The number of hydrogen-bond donors (Lipinski definition) is 1. The molecule has 0 radical (unpaired) electrons. The van der Waals surface area contributed by atoms with Crippen LogP contribution in [0.25, 0.3) is 0 Å². The van der Waals surface area contributed by atoms with E-state index in [-0.39, 0.29) is 33.9 Å². The molecule has 36 heavy (non-hydrogen) atoms. The minimum atomic E-state index is -0.478. The molecule has 200 valence electrons. The Labute approximate surface area is 222 Å². The van der Waals surface area contributed by atoms with Crippen molar-refractivity contribution in [1.29, 1.82) is 0 Å². The summed E-state index contributed by atoms with van der Waals surface area (Å²) in [6.07, 6.45) is 3.58. The number of nitro groups is 1. The lowest BCUT2D eigenvalue weighted by Gasteiger charge is -2.44. The Morgan fingerprint density at radius 1 is 1.17 bits per heavy atom. The third-order valence-corrected chi connectivity index (χ3v) is 10.0. The van der Waals surface area contributed by atoms with E-state index in [4.69, 9.17) is 9.47 Å². The molecule has 2 heterocycles. The van der Waals surface area contributed by atoms with Gasteiger partial charge in [0.1, 0.15) is 11.7 Å². The van der Waals surface area contributed by atoms with Gasteiger partial charge < -0.3 is 19.7 Å². The molecule has 2 aliphatic heterocycles. The van der Waals surface area contributed by atoms with Crippen molar-refractivity contribution < 1.29 is 19.2 Å². The zero-order chi connectivity index (χ0) is 25.7. The van der Waals surface area contributed by atoms with Gasteiger partial charge in [-0.1, -0.05) is 13.8 Å².